The molecule has 0 aromatic heterocycles. The maximum Gasteiger partial charge on any atom is 0.0595 e. The monoisotopic (exact) mass is 218 g/mol. The number of benzene rings is 1. The van der Waals surface area contributed by atoms with Crippen LogP contribution in [0.25, 0.3) is 0 Å². The lowest BCUT2D eigenvalue weighted by atomic mass is 10.00. The van der Waals surface area contributed by atoms with E-state index >= 15 is 0 Å². The molecule has 4 heteroatoms. The molecule has 0 unspecified atom stereocenters. The summed E-state index contributed by atoms with van der Waals surface area (Å²) in [6, 6.07) is 5.48. The topological polar surface area (TPSA) is 52.0 Å². The van der Waals surface area contributed by atoms with Crippen LogP contribution >= 0.6 is 23.2 Å². The number of hydrogen-bond acceptors (Lipinski definition) is 2. The zero-order valence-corrected chi connectivity index (χ0v) is 8.65. The zero-order chi connectivity index (χ0) is 9.84. The van der Waals surface area contributed by atoms with E-state index in [0.29, 0.717) is 23.1 Å². The van der Waals surface area contributed by atoms with Gasteiger partial charge in [0.15, 0.2) is 0 Å². The van der Waals surface area contributed by atoms with Crippen LogP contribution in [0.4, 0.5) is 0 Å². The lowest BCUT2D eigenvalue weighted by molar-refractivity contribution is 0.708. The van der Waals surface area contributed by atoms with Gasteiger partial charge in [-0.3, -0.25) is 0 Å². The molecule has 0 amide bonds. The summed E-state index contributed by atoms with van der Waals surface area (Å²) in [6.45, 7) is 1.04. The Hall–Kier alpha value is -0.280. The summed E-state index contributed by atoms with van der Waals surface area (Å²) in [6.07, 6.45) is 0. The number of nitrogens with two attached hydrogens (primary N) is 2. The van der Waals surface area contributed by atoms with Crippen molar-refractivity contribution in [2.75, 3.05) is 13.1 Å². The van der Waals surface area contributed by atoms with E-state index in [9.17, 15) is 0 Å². The molecule has 0 atom stereocenters. The third kappa shape index (κ3) is 2.58. The van der Waals surface area contributed by atoms with Gasteiger partial charge < -0.3 is 11.5 Å². The van der Waals surface area contributed by atoms with E-state index in [2.05, 4.69) is 0 Å². The van der Waals surface area contributed by atoms with Crippen molar-refractivity contribution in [1.29, 1.82) is 0 Å². The van der Waals surface area contributed by atoms with Crippen molar-refractivity contribution in [1.82, 2.24) is 0 Å². The van der Waals surface area contributed by atoms with E-state index in [-0.39, 0.29) is 5.92 Å². The van der Waals surface area contributed by atoms with Gasteiger partial charge in [0.05, 0.1) is 10.0 Å². The third-order valence-corrected chi connectivity index (χ3v) is 2.72. The Morgan fingerprint density at radius 1 is 1.08 bits per heavy atom. The largest absolute Gasteiger partial charge is 0.330 e. The molecule has 0 saturated carbocycles. The van der Waals surface area contributed by atoms with Crippen LogP contribution in [0, 0.1) is 0 Å². The standard InChI is InChI=1S/C9H12Cl2N2/c10-8-2-1-6(3-9(8)11)7(4-12)5-13/h1-3,7H,4-5,12-13H2. The van der Waals surface area contributed by atoms with Gasteiger partial charge in [-0.1, -0.05) is 29.3 Å². The fourth-order valence-corrected chi connectivity index (χ4v) is 1.44. The SMILES string of the molecule is NCC(CN)c1ccc(Cl)c(Cl)c1. The summed E-state index contributed by atoms with van der Waals surface area (Å²) in [7, 11) is 0. The zero-order valence-electron chi connectivity index (χ0n) is 7.13. The molecule has 0 aliphatic rings. The average molecular weight is 219 g/mol. The minimum Gasteiger partial charge on any atom is -0.330 e. The molecule has 72 valence electrons. The summed E-state index contributed by atoms with van der Waals surface area (Å²) in [5.74, 6) is 0.162. The maximum atomic E-state index is 5.86. The third-order valence-electron chi connectivity index (χ3n) is 1.98. The van der Waals surface area contributed by atoms with Gasteiger partial charge in [0, 0.05) is 19.0 Å². The first-order valence-electron chi connectivity index (χ1n) is 4.04. The second-order valence-corrected chi connectivity index (χ2v) is 3.66. The minimum absolute atomic E-state index is 0.162. The Morgan fingerprint density at radius 2 is 1.69 bits per heavy atom. The Morgan fingerprint density at radius 3 is 2.15 bits per heavy atom. The molecule has 0 heterocycles. The highest BCUT2D eigenvalue weighted by molar-refractivity contribution is 6.42. The van der Waals surface area contributed by atoms with Gasteiger partial charge in [0.2, 0.25) is 0 Å². The van der Waals surface area contributed by atoms with E-state index in [0.717, 1.165) is 5.56 Å². The fraction of sp³-hybridized carbons (Fsp3) is 0.333. The summed E-state index contributed by atoms with van der Waals surface area (Å²) < 4.78 is 0. The van der Waals surface area contributed by atoms with E-state index in [4.69, 9.17) is 34.7 Å². The second kappa shape index (κ2) is 4.82. The fourth-order valence-electron chi connectivity index (χ4n) is 1.13. The molecule has 0 spiro atoms. The quantitative estimate of drug-likeness (QED) is 0.816. The summed E-state index contributed by atoms with van der Waals surface area (Å²) >= 11 is 11.6. The summed E-state index contributed by atoms with van der Waals surface area (Å²) in [4.78, 5) is 0. The molecule has 4 N–H and O–H groups in total. The second-order valence-electron chi connectivity index (χ2n) is 2.84. The van der Waals surface area contributed by atoms with Gasteiger partial charge in [-0.05, 0) is 17.7 Å². The lowest BCUT2D eigenvalue weighted by Gasteiger charge is -2.12. The van der Waals surface area contributed by atoms with E-state index in [1.807, 2.05) is 12.1 Å². The van der Waals surface area contributed by atoms with Gasteiger partial charge >= 0.3 is 0 Å². The van der Waals surface area contributed by atoms with Crippen LogP contribution in [0.2, 0.25) is 10.0 Å². The van der Waals surface area contributed by atoms with Crippen molar-refractivity contribution in [3.05, 3.63) is 33.8 Å². The molecule has 0 fully saturated rings. The normalized spacial score (nSPS) is 10.8. The molecule has 0 radical (unpaired) electrons. The highest BCUT2D eigenvalue weighted by Crippen LogP contribution is 2.25. The highest BCUT2D eigenvalue weighted by atomic mass is 35.5. The van der Waals surface area contributed by atoms with Crippen LogP contribution in [-0.4, -0.2) is 13.1 Å². The molecule has 0 aliphatic carbocycles. The molecule has 0 bridgehead atoms. The van der Waals surface area contributed by atoms with Gasteiger partial charge in [-0.15, -0.1) is 0 Å². The van der Waals surface area contributed by atoms with Crippen molar-refractivity contribution >= 4 is 23.2 Å². The van der Waals surface area contributed by atoms with Gasteiger partial charge in [-0.25, -0.2) is 0 Å². The van der Waals surface area contributed by atoms with Gasteiger partial charge in [-0.2, -0.15) is 0 Å². The Labute approximate surface area is 87.8 Å². The number of rotatable bonds is 3. The highest BCUT2D eigenvalue weighted by Gasteiger charge is 2.08. The molecule has 0 saturated heterocycles. The van der Waals surface area contributed by atoms with Gasteiger partial charge in [0.1, 0.15) is 0 Å². The van der Waals surface area contributed by atoms with Crippen molar-refractivity contribution in [2.24, 2.45) is 11.5 Å². The number of halogens is 2. The molecular weight excluding hydrogens is 207 g/mol. The maximum absolute atomic E-state index is 5.86. The average Bonchev–Trinajstić information content (AvgIpc) is 2.13. The molecule has 13 heavy (non-hydrogen) atoms. The van der Waals surface area contributed by atoms with Crippen molar-refractivity contribution in [3.8, 4) is 0 Å². The Bertz CT molecular complexity index is 285. The molecule has 2 nitrogen and oxygen atoms in total. The van der Waals surface area contributed by atoms with Crippen molar-refractivity contribution in [3.63, 3.8) is 0 Å². The van der Waals surface area contributed by atoms with Crippen LogP contribution in [0.3, 0.4) is 0 Å². The summed E-state index contributed by atoms with van der Waals surface area (Å²) in [5.41, 5.74) is 12.1. The predicted octanol–water partition coefficient (Wildman–Crippen LogP) is 1.99. The van der Waals surface area contributed by atoms with Gasteiger partial charge in [0.25, 0.3) is 0 Å². The van der Waals surface area contributed by atoms with Crippen LogP contribution in [0.1, 0.15) is 11.5 Å². The molecule has 1 aromatic carbocycles. The first kappa shape index (κ1) is 10.8. The molecule has 1 rings (SSSR count). The van der Waals surface area contributed by atoms with Crippen LogP contribution in [-0.2, 0) is 0 Å². The van der Waals surface area contributed by atoms with Crippen molar-refractivity contribution < 1.29 is 0 Å². The number of hydrogen-bond donors (Lipinski definition) is 2. The minimum atomic E-state index is 0.162. The van der Waals surface area contributed by atoms with Crippen LogP contribution < -0.4 is 11.5 Å². The lowest BCUT2D eigenvalue weighted by Crippen LogP contribution is -2.21. The molecule has 1 aromatic rings. The van der Waals surface area contributed by atoms with E-state index in [1.165, 1.54) is 0 Å². The summed E-state index contributed by atoms with van der Waals surface area (Å²) in [5, 5.41) is 1.10. The van der Waals surface area contributed by atoms with Crippen LogP contribution in [0.5, 0.6) is 0 Å². The predicted molar refractivity (Wildman–Crippen MR) is 57.3 cm³/mol. The Balaban J connectivity index is 2.95. The smallest absolute Gasteiger partial charge is 0.0595 e. The van der Waals surface area contributed by atoms with Crippen LogP contribution in [0.15, 0.2) is 18.2 Å². The first-order chi connectivity index (χ1) is 6.19. The molecule has 0 aliphatic heterocycles. The van der Waals surface area contributed by atoms with E-state index < -0.39 is 0 Å². The Kier molecular flexibility index (Phi) is 4.00. The first-order valence-corrected chi connectivity index (χ1v) is 4.79. The molecular formula is C9H12Cl2N2. The van der Waals surface area contributed by atoms with Crippen molar-refractivity contribution in [2.45, 2.75) is 5.92 Å². The van der Waals surface area contributed by atoms with E-state index in [1.54, 1.807) is 6.07 Å².